The van der Waals surface area contributed by atoms with Crippen LogP contribution >= 0.6 is 0 Å². The minimum Gasteiger partial charge on any atom is -0.478 e. The lowest BCUT2D eigenvalue weighted by Crippen LogP contribution is -2.25. The van der Waals surface area contributed by atoms with E-state index in [-0.39, 0.29) is 28.9 Å². The van der Waals surface area contributed by atoms with Crippen LogP contribution in [0.25, 0.3) is 0 Å². The van der Waals surface area contributed by atoms with Gasteiger partial charge in [-0.3, -0.25) is 14.5 Å². The lowest BCUT2D eigenvalue weighted by atomic mass is 10.0. The fourth-order valence-electron chi connectivity index (χ4n) is 1.59. The van der Waals surface area contributed by atoms with Gasteiger partial charge < -0.3 is 5.11 Å². The molecule has 1 rings (SSSR count). The van der Waals surface area contributed by atoms with Crippen molar-refractivity contribution in [3.63, 3.8) is 0 Å². The summed E-state index contributed by atoms with van der Waals surface area (Å²) in [4.78, 5) is 22.7. The highest BCUT2D eigenvalue weighted by Crippen LogP contribution is 2.21. The minimum atomic E-state index is -3.58. The van der Waals surface area contributed by atoms with E-state index in [1.165, 1.54) is 25.2 Å². The number of hydrogen-bond donors (Lipinski definition) is 2. The molecule has 0 heterocycles. The Morgan fingerprint density at radius 3 is 2.19 bits per heavy atom. The van der Waals surface area contributed by atoms with E-state index in [0.717, 1.165) is 10.6 Å². The van der Waals surface area contributed by atoms with Gasteiger partial charge in [-0.15, -0.1) is 0 Å². The highest BCUT2D eigenvalue weighted by molar-refractivity contribution is 7.92. The number of carboxylic acid groups (broad SMARTS) is 1. The second kappa shape index (κ2) is 6.04. The lowest BCUT2D eigenvalue weighted by Gasteiger charge is -2.18. The summed E-state index contributed by atoms with van der Waals surface area (Å²) in [7, 11) is -2.31. The van der Waals surface area contributed by atoms with Crippen LogP contribution in [0.5, 0.6) is 0 Å². The predicted octanol–water partition coefficient (Wildman–Crippen LogP) is 1.13. The van der Waals surface area contributed by atoms with Crippen molar-refractivity contribution in [2.45, 2.75) is 13.3 Å². The smallest absolute Gasteiger partial charge is 0.335 e. The number of sulfonamides is 1. The molecule has 21 heavy (non-hydrogen) atoms. The van der Waals surface area contributed by atoms with Crippen molar-refractivity contribution in [2.75, 3.05) is 17.6 Å². The van der Waals surface area contributed by atoms with E-state index in [2.05, 4.69) is 0 Å². The van der Waals surface area contributed by atoms with E-state index in [4.69, 9.17) is 10.5 Å². The van der Waals surface area contributed by atoms with Crippen molar-refractivity contribution in [3.8, 4) is 0 Å². The molecular formula is C13H16N2O5S. The normalized spacial score (nSPS) is 11.0. The molecule has 0 saturated carbocycles. The summed E-state index contributed by atoms with van der Waals surface area (Å²) in [6, 6.07) is 3.66. The number of carbonyl (C=O) groups is 2. The lowest BCUT2D eigenvalue weighted by molar-refractivity contribution is -0.112. The molecular weight excluding hydrogens is 296 g/mol. The van der Waals surface area contributed by atoms with Crippen molar-refractivity contribution in [1.82, 2.24) is 0 Å². The fraction of sp³-hybridized carbons (Fsp3) is 0.308. The predicted molar refractivity (Wildman–Crippen MR) is 78.8 cm³/mol. The van der Waals surface area contributed by atoms with E-state index < -0.39 is 21.8 Å². The van der Waals surface area contributed by atoms with Crippen molar-refractivity contribution < 1.29 is 23.1 Å². The number of rotatable bonds is 6. The first kappa shape index (κ1) is 16.8. The van der Waals surface area contributed by atoms with Gasteiger partial charge in [0, 0.05) is 19.0 Å². The largest absolute Gasteiger partial charge is 0.478 e. The molecule has 114 valence electrons. The van der Waals surface area contributed by atoms with Crippen LogP contribution in [-0.2, 0) is 14.8 Å². The SMILES string of the molecule is CCC(=O)C(=N)c1cc(C(=O)O)cc(N(C)S(C)(=O)=O)c1. The van der Waals surface area contributed by atoms with Crippen LogP contribution in [0.2, 0.25) is 0 Å². The maximum atomic E-state index is 11.6. The Morgan fingerprint density at radius 1 is 1.24 bits per heavy atom. The monoisotopic (exact) mass is 312 g/mol. The van der Waals surface area contributed by atoms with Gasteiger partial charge in [-0.1, -0.05) is 6.92 Å². The number of nitrogens with zero attached hydrogens (tertiary/aromatic N) is 1. The standard InChI is InChI=1S/C13H16N2O5S/c1-4-11(16)12(14)8-5-9(13(17)18)7-10(6-8)15(2)21(3,19)20/h5-7,14H,4H2,1-3H3,(H,17,18). The molecule has 1 aromatic rings. The van der Waals surface area contributed by atoms with Gasteiger partial charge in [0.15, 0.2) is 5.78 Å². The van der Waals surface area contributed by atoms with Crippen LogP contribution in [0.15, 0.2) is 18.2 Å². The average Bonchev–Trinajstić information content (AvgIpc) is 2.43. The summed E-state index contributed by atoms with van der Waals surface area (Å²) in [6.07, 6.45) is 1.08. The van der Waals surface area contributed by atoms with Gasteiger partial charge >= 0.3 is 5.97 Å². The third-order valence-corrected chi connectivity index (χ3v) is 4.12. The average molecular weight is 312 g/mol. The summed E-state index contributed by atoms with van der Waals surface area (Å²) in [5.41, 5.74) is -0.372. The molecule has 0 aliphatic heterocycles. The zero-order valence-corrected chi connectivity index (χ0v) is 12.7. The molecule has 0 amide bonds. The van der Waals surface area contributed by atoms with Gasteiger partial charge in [0.1, 0.15) is 5.71 Å². The Morgan fingerprint density at radius 2 is 1.76 bits per heavy atom. The third-order valence-electron chi connectivity index (χ3n) is 2.91. The second-order valence-electron chi connectivity index (χ2n) is 4.46. The van der Waals surface area contributed by atoms with Gasteiger partial charge in [-0.05, 0) is 18.2 Å². The summed E-state index contributed by atoms with van der Waals surface area (Å²) in [5, 5.41) is 16.8. The van der Waals surface area contributed by atoms with Gasteiger partial charge in [-0.25, -0.2) is 13.2 Å². The number of benzene rings is 1. The van der Waals surface area contributed by atoms with E-state index in [1.807, 2.05) is 0 Å². The van der Waals surface area contributed by atoms with E-state index in [1.54, 1.807) is 6.92 Å². The molecule has 0 unspecified atom stereocenters. The van der Waals surface area contributed by atoms with Crippen LogP contribution in [0.1, 0.15) is 29.3 Å². The number of ketones is 1. The zero-order valence-electron chi connectivity index (χ0n) is 11.9. The van der Waals surface area contributed by atoms with E-state index in [0.29, 0.717) is 0 Å². The molecule has 1 aromatic carbocycles. The van der Waals surface area contributed by atoms with Crippen LogP contribution in [0.4, 0.5) is 5.69 Å². The molecule has 0 aromatic heterocycles. The summed E-state index contributed by atoms with van der Waals surface area (Å²) < 4.78 is 24.0. The van der Waals surface area contributed by atoms with Crippen LogP contribution in [0, 0.1) is 5.41 Å². The number of carbonyl (C=O) groups excluding carboxylic acids is 1. The molecule has 7 nitrogen and oxygen atoms in total. The Hall–Kier alpha value is -2.22. The highest BCUT2D eigenvalue weighted by Gasteiger charge is 2.18. The molecule has 0 aliphatic carbocycles. The summed E-state index contributed by atoms with van der Waals surface area (Å²) in [6.45, 7) is 1.58. The van der Waals surface area contributed by atoms with E-state index >= 15 is 0 Å². The van der Waals surface area contributed by atoms with Gasteiger partial charge in [-0.2, -0.15) is 0 Å². The quantitative estimate of drug-likeness (QED) is 0.764. The maximum Gasteiger partial charge on any atom is 0.335 e. The number of hydrogen-bond acceptors (Lipinski definition) is 5. The Bertz CT molecular complexity index is 709. The topological polar surface area (TPSA) is 116 Å². The van der Waals surface area contributed by atoms with Gasteiger partial charge in [0.25, 0.3) is 0 Å². The number of carboxylic acids is 1. The Kier molecular flexibility index (Phi) is 4.84. The molecule has 0 saturated heterocycles. The van der Waals surface area contributed by atoms with Crippen LogP contribution in [0.3, 0.4) is 0 Å². The molecule has 0 fully saturated rings. The first-order chi connectivity index (χ1) is 9.57. The molecule has 0 bridgehead atoms. The Balaban J connectivity index is 3.48. The van der Waals surface area contributed by atoms with E-state index in [9.17, 15) is 18.0 Å². The zero-order chi connectivity index (χ0) is 16.4. The molecule has 0 atom stereocenters. The Labute approximate surface area is 122 Å². The van der Waals surface area contributed by atoms with Gasteiger partial charge in [0.05, 0.1) is 17.5 Å². The summed E-state index contributed by atoms with van der Waals surface area (Å²) in [5.74, 6) is -1.72. The van der Waals surface area contributed by atoms with Crippen molar-refractivity contribution >= 4 is 33.2 Å². The van der Waals surface area contributed by atoms with Gasteiger partial charge in [0.2, 0.25) is 10.0 Å². The highest BCUT2D eigenvalue weighted by atomic mass is 32.2. The molecule has 0 radical (unpaired) electrons. The van der Waals surface area contributed by atoms with Crippen molar-refractivity contribution in [1.29, 1.82) is 5.41 Å². The first-order valence-electron chi connectivity index (χ1n) is 6.02. The van der Waals surface area contributed by atoms with Crippen LogP contribution in [-0.4, -0.2) is 44.3 Å². The minimum absolute atomic E-state index is 0.0762. The van der Waals surface area contributed by atoms with Crippen molar-refractivity contribution in [2.24, 2.45) is 0 Å². The summed E-state index contributed by atoms with van der Waals surface area (Å²) >= 11 is 0. The molecule has 0 aliphatic rings. The number of aromatic carboxylic acids is 1. The van der Waals surface area contributed by atoms with Crippen LogP contribution < -0.4 is 4.31 Å². The first-order valence-corrected chi connectivity index (χ1v) is 7.87. The van der Waals surface area contributed by atoms with Crippen molar-refractivity contribution in [3.05, 3.63) is 29.3 Å². The molecule has 2 N–H and O–H groups in total. The molecule has 8 heteroatoms. The number of anilines is 1. The fourth-order valence-corrected chi connectivity index (χ4v) is 2.08. The number of Topliss-reactive ketones (excluding diaryl/α,β-unsaturated/α-hetero) is 1. The maximum absolute atomic E-state index is 11.6. The second-order valence-corrected chi connectivity index (χ2v) is 6.47. The number of nitrogens with one attached hydrogen (secondary N) is 1. The third kappa shape index (κ3) is 3.88. The molecule has 0 spiro atoms.